The molecule has 0 saturated carbocycles. The Morgan fingerprint density at radius 3 is 2.67 bits per heavy atom. The van der Waals surface area contributed by atoms with Crippen LogP contribution in [0.15, 0.2) is 23.1 Å². The molecule has 1 unspecified atom stereocenters. The van der Waals surface area contributed by atoms with E-state index in [2.05, 4.69) is 31.8 Å². The number of ether oxygens (including phenoxy) is 1. The number of carbonyl (C=O) groups excluding carboxylic acids is 1. The van der Waals surface area contributed by atoms with Crippen LogP contribution in [0.4, 0.5) is 0 Å². The van der Waals surface area contributed by atoms with Crippen LogP contribution in [-0.4, -0.2) is 25.7 Å². The van der Waals surface area contributed by atoms with Crippen molar-refractivity contribution in [2.75, 3.05) is 13.7 Å². The van der Waals surface area contributed by atoms with Gasteiger partial charge in [0.05, 0.1) is 12.6 Å². The molecule has 0 fully saturated rings. The van der Waals surface area contributed by atoms with Gasteiger partial charge >= 0.3 is 0 Å². The van der Waals surface area contributed by atoms with Crippen LogP contribution in [0.3, 0.4) is 0 Å². The fourth-order valence-corrected chi connectivity index (χ4v) is 1.88. The zero-order chi connectivity index (χ0) is 13.7. The first-order valence-corrected chi connectivity index (χ1v) is 6.49. The van der Waals surface area contributed by atoms with Crippen LogP contribution in [0.1, 0.15) is 29.8 Å². The second-order valence-electron chi connectivity index (χ2n) is 4.78. The van der Waals surface area contributed by atoms with E-state index in [4.69, 9.17) is 4.74 Å². The highest BCUT2D eigenvalue weighted by Gasteiger charge is 2.18. The summed E-state index contributed by atoms with van der Waals surface area (Å²) in [5.41, 5.74) is 1.62. The summed E-state index contributed by atoms with van der Waals surface area (Å²) in [5.74, 6) is 0.257. The van der Waals surface area contributed by atoms with Crippen molar-refractivity contribution in [3.63, 3.8) is 0 Å². The first-order chi connectivity index (χ1) is 8.45. The van der Waals surface area contributed by atoms with E-state index in [0.29, 0.717) is 18.1 Å². The number of methoxy groups -OCH3 is 1. The topological polar surface area (TPSA) is 38.3 Å². The Labute approximate surface area is 114 Å². The number of thiol groups is 1. The lowest BCUT2D eigenvalue weighted by atomic mass is 10.0. The van der Waals surface area contributed by atoms with Crippen LogP contribution < -0.4 is 5.32 Å². The summed E-state index contributed by atoms with van der Waals surface area (Å²) in [7, 11) is 1.64. The van der Waals surface area contributed by atoms with Gasteiger partial charge in [0.1, 0.15) is 0 Å². The van der Waals surface area contributed by atoms with Crippen molar-refractivity contribution in [2.45, 2.75) is 31.7 Å². The van der Waals surface area contributed by atoms with Crippen molar-refractivity contribution in [1.29, 1.82) is 0 Å². The number of carbonyl (C=O) groups is 1. The molecular formula is C14H21NO2S. The Balaban J connectivity index is 2.83. The summed E-state index contributed by atoms with van der Waals surface area (Å²) >= 11 is 4.26. The van der Waals surface area contributed by atoms with Crippen molar-refractivity contribution < 1.29 is 9.53 Å². The monoisotopic (exact) mass is 267 g/mol. The predicted molar refractivity (Wildman–Crippen MR) is 76.4 cm³/mol. The Morgan fingerprint density at radius 1 is 1.44 bits per heavy atom. The first-order valence-electron chi connectivity index (χ1n) is 6.05. The lowest BCUT2D eigenvalue weighted by Gasteiger charge is -2.22. The standard InChI is InChI=1S/C14H21NO2S/c1-9(2)13(8-17-4)15-14(16)12-7-11(18)6-5-10(12)3/h5-7,9,13,18H,8H2,1-4H3,(H,15,16). The maximum Gasteiger partial charge on any atom is 0.251 e. The largest absolute Gasteiger partial charge is 0.383 e. The third-order valence-electron chi connectivity index (χ3n) is 2.93. The second kappa shape index (κ2) is 6.81. The zero-order valence-electron chi connectivity index (χ0n) is 11.4. The molecule has 0 aromatic heterocycles. The molecule has 0 aliphatic rings. The highest BCUT2D eigenvalue weighted by Crippen LogP contribution is 2.14. The molecule has 100 valence electrons. The highest BCUT2D eigenvalue weighted by atomic mass is 32.1. The zero-order valence-corrected chi connectivity index (χ0v) is 12.3. The smallest absolute Gasteiger partial charge is 0.251 e. The average Bonchev–Trinajstić information content (AvgIpc) is 2.31. The minimum Gasteiger partial charge on any atom is -0.383 e. The van der Waals surface area contributed by atoms with E-state index in [1.54, 1.807) is 13.2 Å². The molecular weight excluding hydrogens is 246 g/mol. The maximum atomic E-state index is 12.2. The van der Waals surface area contributed by atoms with Crippen LogP contribution in [0.5, 0.6) is 0 Å². The van der Waals surface area contributed by atoms with Crippen LogP contribution in [-0.2, 0) is 4.74 Å². The molecule has 1 amide bonds. The SMILES string of the molecule is COCC(NC(=O)c1cc(S)ccc1C)C(C)C. The number of benzene rings is 1. The summed E-state index contributed by atoms with van der Waals surface area (Å²) in [6, 6.07) is 5.59. The fourth-order valence-electron chi connectivity index (χ4n) is 1.68. The van der Waals surface area contributed by atoms with Gasteiger partial charge in [-0.05, 0) is 30.5 Å². The van der Waals surface area contributed by atoms with E-state index in [-0.39, 0.29) is 11.9 Å². The first kappa shape index (κ1) is 15.1. The molecule has 0 aliphatic carbocycles. The Morgan fingerprint density at radius 2 is 2.11 bits per heavy atom. The van der Waals surface area contributed by atoms with E-state index in [9.17, 15) is 4.79 Å². The normalized spacial score (nSPS) is 12.6. The van der Waals surface area contributed by atoms with Gasteiger partial charge in [-0.15, -0.1) is 12.6 Å². The Kier molecular flexibility index (Phi) is 5.69. The molecule has 1 aromatic carbocycles. The molecule has 4 heteroatoms. The van der Waals surface area contributed by atoms with Gasteiger partial charge in [-0.1, -0.05) is 19.9 Å². The molecule has 18 heavy (non-hydrogen) atoms. The van der Waals surface area contributed by atoms with E-state index in [1.165, 1.54) is 0 Å². The van der Waals surface area contributed by atoms with Crippen molar-refractivity contribution in [2.24, 2.45) is 5.92 Å². The average molecular weight is 267 g/mol. The summed E-state index contributed by atoms with van der Waals surface area (Å²) in [5, 5.41) is 3.00. The van der Waals surface area contributed by atoms with E-state index in [1.807, 2.05) is 19.1 Å². The van der Waals surface area contributed by atoms with Gasteiger partial charge in [-0.3, -0.25) is 4.79 Å². The minimum atomic E-state index is -0.0702. The number of hydrogen-bond donors (Lipinski definition) is 2. The summed E-state index contributed by atoms with van der Waals surface area (Å²) in [6.07, 6.45) is 0. The van der Waals surface area contributed by atoms with Gasteiger partial charge < -0.3 is 10.1 Å². The molecule has 0 saturated heterocycles. The van der Waals surface area contributed by atoms with Gasteiger partial charge in [0.25, 0.3) is 5.91 Å². The number of nitrogens with one attached hydrogen (secondary N) is 1. The lowest BCUT2D eigenvalue weighted by molar-refractivity contribution is 0.0866. The third-order valence-corrected chi connectivity index (χ3v) is 3.21. The summed E-state index contributed by atoms with van der Waals surface area (Å²) in [6.45, 7) is 6.56. The number of rotatable bonds is 5. The quantitative estimate of drug-likeness (QED) is 0.805. The van der Waals surface area contributed by atoms with Crippen molar-refractivity contribution in [3.05, 3.63) is 29.3 Å². The maximum absolute atomic E-state index is 12.2. The van der Waals surface area contributed by atoms with Gasteiger partial charge in [-0.2, -0.15) is 0 Å². The van der Waals surface area contributed by atoms with Crippen LogP contribution >= 0.6 is 12.6 Å². The molecule has 0 spiro atoms. The Hall–Kier alpha value is -1.00. The predicted octanol–water partition coefficient (Wildman–Crippen LogP) is 2.68. The van der Waals surface area contributed by atoms with Crippen molar-refractivity contribution in [1.82, 2.24) is 5.32 Å². The molecule has 3 nitrogen and oxygen atoms in total. The molecule has 1 N–H and O–H groups in total. The molecule has 1 aromatic rings. The van der Waals surface area contributed by atoms with E-state index in [0.717, 1.165) is 10.5 Å². The molecule has 0 radical (unpaired) electrons. The fraction of sp³-hybridized carbons (Fsp3) is 0.500. The van der Waals surface area contributed by atoms with Crippen LogP contribution in [0, 0.1) is 12.8 Å². The number of amides is 1. The summed E-state index contributed by atoms with van der Waals surface area (Å²) in [4.78, 5) is 13.0. The van der Waals surface area contributed by atoms with Gasteiger partial charge in [0.2, 0.25) is 0 Å². The second-order valence-corrected chi connectivity index (χ2v) is 5.29. The molecule has 0 aliphatic heterocycles. The van der Waals surface area contributed by atoms with Crippen LogP contribution in [0.25, 0.3) is 0 Å². The van der Waals surface area contributed by atoms with Gasteiger partial charge in [0, 0.05) is 17.6 Å². The van der Waals surface area contributed by atoms with Crippen molar-refractivity contribution in [3.8, 4) is 0 Å². The van der Waals surface area contributed by atoms with E-state index >= 15 is 0 Å². The minimum absolute atomic E-state index is 0.0190. The number of aryl methyl sites for hydroxylation is 1. The summed E-state index contributed by atoms with van der Waals surface area (Å²) < 4.78 is 5.13. The van der Waals surface area contributed by atoms with Crippen molar-refractivity contribution >= 4 is 18.5 Å². The Bertz CT molecular complexity index is 418. The molecule has 1 atom stereocenters. The number of hydrogen-bond acceptors (Lipinski definition) is 3. The molecule has 0 heterocycles. The lowest BCUT2D eigenvalue weighted by Crippen LogP contribution is -2.41. The van der Waals surface area contributed by atoms with Crippen LogP contribution in [0.2, 0.25) is 0 Å². The highest BCUT2D eigenvalue weighted by molar-refractivity contribution is 7.80. The van der Waals surface area contributed by atoms with Gasteiger partial charge in [-0.25, -0.2) is 0 Å². The molecule has 0 bridgehead atoms. The van der Waals surface area contributed by atoms with E-state index < -0.39 is 0 Å². The third kappa shape index (κ3) is 4.03. The van der Waals surface area contributed by atoms with Gasteiger partial charge in [0.15, 0.2) is 0 Å². The molecule has 1 rings (SSSR count).